The van der Waals surface area contributed by atoms with Crippen molar-refractivity contribution in [1.29, 1.82) is 0 Å². The van der Waals surface area contributed by atoms with Crippen molar-refractivity contribution in [2.75, 3.05) is 0 Å². The fraction of sp³-hybridized carbons (Fsp3) is 0.143. The molecular formula is C14H11BrClFO2. The van der Waals surface area contributed by atoms with Gasteiger partial charge in [-0.05, 0) is 58.7 Å². The number of benzene rings is 2. The van der Waals surface area contributed by atoms with Crippen LogP contribution in [-0.4, -0.2) is 5.11 Å². The molecule has 1 N–H and O–H groups in total. The smallest absolute Gasteiger partial charge is 0.146 e. The number of ether oxygens (including phenoxy) is 1. The zero-order valence-electron chi connectivity index (χ0n) is 10.0. The third-order valence-electron chi connectivity index (χ3n) is 2.56. The third-order valence-corrected chi connectivity index (χ3v) is 3.46. The topological polar surface area (TPSA) is 29.5 Å². The van der Waals surface area contributed by atoms with Gasteiger partial charge in [0, 0.05) is 0 Å². The van der Waals surface area contributed by atoms with E-state index >= 15 is 0 Å². The van der Waals surface area contributed by atoms with E-state index in [9.17, 15) is 9.50 Å². The predicted molar refractivity (Wildman–Crippen MR) is 76.3 cm³/mol. The molecule has 100 valence electrons. The highest BCUT2D eigenvalue weighted by Gasteiger charge is 2.08. The summed E-state index contributed by atoms with van der Waals surface area (Å²) in [5, 5.41) is 9.84. The van der Waals surface area contributed by atoms with Gasteiger partial charge in [-0.3, -0.25) is 0 Å². The summed E-state index contributed by atoms with van der Waals surface area (Å²) in [6, 6.07) is 9.37. The van der Waals surface area contributed by atoms with Crippen molar-refractivity contribution in [3.05, 3.63) is 57.3 Å². The lowest BCUT2D eigenvalue weighted by atomic mass is 10.1. The van der Waals surface area contributed by atoms with E-state index in [1.54, 1.807) is 25.1 Å². The Morgan fingerprint density at radius 1 is 1.26 bits per heavy atom. The van der Waals surface area contributed by atoms with E-state index in [0.29, 0.717) is 26.6 Å². The number of rotatable bonds is 3. The second kappa shape index (κ2) is 5.90. The summed E-state index contributed by atoms with van der Waals surface area (Å²) in [6.45, 7) is 1.66. The summed E-state index contributed by atoms with van der Waals surface area (Å²) in [6.07, 6.45) is -0.591. The second-order valence-corrected chi connectivity index (χ2v) is 5.31. The first-order valence-corrected chi connectivity index (χ1v) is 6.75. The van der Waals surface area contributed by atoms with Gasteiger partial charge >= 0.3 is 0 Å². The van der Waals surface area contributed by atoms with Crippen LogP contribution in [0, 0.1) is 5.82 Å². The van der Waals surface area contributed by atoms with Crippen LogP contribution in [0.5, 0.6) is 11.5 Å². The molecule has 2 aromatic carbocycles. The number of aliphatic hydroxyl groups is 1. The van der Waals surface area contributed by atoms with Crippen molar-refractivity contribution in [3.8, 4) is 11.5 Å². The highest BCUT2D eigenvalue weighted by molar-refractivity contribution is 9.10. The summed E-state index contributed by atoms with van der Waals surface area (Å²) in [5.74, 6) is 0.562. The maximum atomic E-state index is 13.1. The monoisotopic (exact) mass is 344 g/mol. The lowest BCUT2D eigenvalue weighted by molar-refractivity contribution is 0.199. The van der Waals surface area contributed by atoms with Crippen molar-refractivity contribution in [3.63, 3.8) is 0 Å². The molecule has 0 aliphatic rings. The molecule has 0 aromatic heterocycles. The molecule has 5 heteroatoms. The largest absolute Gasteiger partial charge is 0.456 e. The highest BCUT2D eigenvalue weighted by Crippen LogP contribution is 2.33. The highest BCUT2D eigenvalue weighted by atomic mass is 79.9. The summed E-state index contributed by atoms with van der Waals surface area (Å²) in [7, 11) is 0. The summed E-state index contributed by atoms with van der Waals surface area (Å²) < 4.78 is 19.0. The maximum Gasteiger partial charge on any atom is 0.146 e. The molecule has 2 rings (SSSR count). The minimum absolute atomic E-state index is 0.321. The number of hydrogen-bond acceptors (Lipinski definition) is 2. The molecule has 0 aliphatic heterocycles. The molecule has 2 aromatic rings. The van der Waals surface area contributed by atoms with Crippen LogP contribution < -0.4 is 4.74 Å². The maximum absolute atomic E-state index is 13.1. The van der Waals surface area contributed by atoms with Gasteiger partial charge in [-0.1, -0.05) is 17.7 Å². The van der Waals surface area contributed by atoms with E-state index in [2.05, 4.69) is 15.9 Å². The molecule has 0 aliphatic carbocycles. The second-order valence-electron chi connectivity index (χ2n) is 4.04. The van der Waals surface area contributed by atoms with E-state index in [4.69, 9.17) is 16.3 Å². The van der Waals surface area contributed by atoms with Crippen molar-refractivity contribution < 1.29 is 14.2 Å². The standard InChI is InChI=1S/C14H11BrClFO2/c1-8(18)9-2-5-14(12(16)6-9)19-10-3-4-13(17)11(15)7-10/h2-8,18H,1H3/t8-/m1/s1. The van der Waals surface area contributed by atoms with Crippen molar-refractivity contribution in [2.24, 2.45) is 0 Å². The summed E-state index contributed by atoms with van der Waals surface area (Å²) in [5.41, 5.74) is 0.706. The molecule has 0 heterocycles. The molecule has 0 bridgehead atoms. The van der Waals surface area contributed by atoms with Gasteiger partial charge in [0.15, 0.2) is 0 Å². The van der Waals surface area contributed by atoms with E-state index in [-0.39, 0.29) is 5.82 Å². The minimum atomic E-state index is -0.591. The molecule has 0 amide bonds. The Morgan fingerprint density at radius 3 is 2.58 bits per heavy atom. The van der Waals surface area contributed by atoms with Gasteiger partial charge in [0.05, 0.1) is 15.6 Å². The van der Waals surface area contributed by atoms with Gasteiger partial charge in [0.2, 0.25) is 0 Å². The van der Waals surface area contributed by atoms with Crippen molar-refractivity contribution in [1.82, 2.24) is 0 Å². The van der Waals surface area contributed by atoms with Crippen LogP contribution in [0.4, 0.5) is 4.39 Å². The normalized spacial score (nSPS) is 12.3. The van der Waals surface area contributed by atoms with Gasteiger partial charge in [-0.2, -0.15) is 0 Å². The van der Waals surface area contributed by atoms with Gasteiger partial charge in [-0.15, -0.1) is 0 Å². The number of halogens is 3. The Kier molecular flexibility index (Phi) is 4.45. The lowest BCUT2D eigenvalue weighted by Crippen LogP contribution is -1.92. The SMILES string of the molecule is C[C@@H](O)c1ccc(Oc2ccc(F)c(Br)c2)c(Cl)c1. The van der Waals surface area contributed by atoms with Gasteiger partial charge in [0.25, 0.3) is 0 Å². The Bertz CT molecular complexity index is 602. The molecular weight excluding hydrogens is 335 g/mol. The first kappa shape index (κ1) is 14.3. The first-order chi connectivity index (χ1) is 8.97. The zero-order chi connectivity index (χ0) is 14.0. The van der Waals surface area contributed by atoms with Gasteiger partial charge < -0.3 is 9.84 Å². The third kappa shape index (κ3) is 3.47. The molecule has 0 radical (unpaired) electrons. The van der Waals surface area contributed by atoms with Crippen molar-refractivity contribution >= 4 is 27.5 Å². The van der Waals surface area contributed by atoms with Crippen molar-refractivity contribution in [2.45, 2.75) is 13.0 Å². The fourth-order valence-electron chi connectivity index (χ4n) is 1.53. The molecule has 2 nitrogen and oxygen atoms in total. The zero-order valence-corrected chi connectivity index (χ0v) is 12.4. The number of aliphatic hydroxyl groups excluding tert-OH is 1. The molecule has 0 saturated carbocycles. The molecule has 0 spiro atoms. The Hall–Kier alpha value is -1.10. The first-order valence-electron chi connectivity index (χ1n) is 5.58. The Morgan fingerprint density at radius 2 is 2.00 bits per heavy atom. The molecule has 0 unspecified atom stereocenters. The summed E-state index contributed by atoms with van der Waals surface area (Å²) in [4.78, 5) is 0. The van der Waals surface area contributed by atoms with E-state index in [0.717, 1.165) is 0 Å². The van der Waals surface area contributed by atoms with Crippen LogP contribution in [0.1, 0.15) is 18.6 Å². The molecule has 19 heavy (non-hydrogen) atoms. The summed E-state index contributed by atoms with van der Waals surface area (Å²) >= 11 is 9.16. The Balaban J connectivity index is 2.25. The van der Waals surface area contributed by atoms with E-state index < -0.39 is 6.10 Å². The number of hydrogen-bond donors (Lipinski definition) is 1. The average molecular weight is 346 g/mol. The molecule has 1 atom stereocenters. The van der Waals surface area contributed by atoms with Crippen LogP contribution in [-0.2, 0) is 0 Å². The fourth-order valence-corrected chi connectivity index (χ4v) is 2.11. The average Bonchev–Trinajstić information content (AvgIpc) is 2.36. The van der Waals surface area contributed by atoms with Crippen LogP contribution in [0.3, 0.4) is 0 Å². The van der Waals surface area contributed by atoms with Crippen LogP contribution in [0.2, 0.25) is 5.02 Å². The lowest BCUT2D eigenvalue weighted by Gasteiger charge is -2.11. The molecule has 0 saturated heterocycles. The van der Waals surface area contributed by atoms with E-state index in [1.165, 1.54) is 18.2 Å². The minimum Gasteiger partial charge on any atom is -0.456 e. The van der Waals surface area contributed by atoms with Crippen LogP contribution >= 0.6 is 27.5 Å². The van der Waals surface area contributed by atoms with Gasteiger partial charge in [0.1, 0.15) is 17.3 Å². The van der Waals surface area contributed by atoms with Crippen LogP contribution in [0.15, 0.2) is 40.9 Å². The Labute approximate surface area is 123 Å². The predicted octanol–water partition coefficient (Wildman–Crippen LogP) is 5.09. The van der Waals surface area contributed by atoms with Gasteiger partial charge in [-0.25, -0.2) is 4.39 Å². The van der Waals surface area contributed by atoms with E-state index in [1.807, 2.05) is 0 Å². The molecule has 0 fully saturated rings. The van der Waals surface area contributed by atoms with Crippen LogP contribution in [0.25, 0.3) is 0 Å². The quantitative estimate of drug-likeness (QED) is 0.840.